The highest BCUT2D eigenvalue weighted by atomic mass is 32.2. The van der Waals surface area contributed by atoms with Gasteiger partial charge < -0.3 is 9.47 Å². The number of nitrogens with zero attached hydrogens (tertiary/aromatic N) is 1. The molecular formula is C10H13NO6S. The van der Waals surface area contributed by atoms with Crippen molar-refractivity contribution in [1.29, 1.82) is 0 Å². The number of ether oxygens (including phenoxy) is 2. The molecule has 0 fully saturated rings. The standard InChI is InChI=1S/C10H13NO6S/c1-15-9-5-7(6-17-18(3,13)14)4-8(11-9)10(12)16-2/h4-5H,6H2,1-3H3. The number of methoxy groups -OCH3 is 2. The van der Waals surface area contributed by atoms with Gasteiger partial charge in [0.15, 0.2) is 5.69 Å². The Kier molecular flexibility index (Phi) is 4.62. The lowest BCUT2D eigenvalue weighted by Crippen LogP contribution is -2.08. The molecule has 18 heavy (non-hydrogen) atoms. The van der Waals surface area contributed by atoms with Crippen molar-refractivity contribution in [2.45, 2.75) is 6.61 Å². The number of carbonyl (C=O) groups is 1. The van der Waals surface area contributed by atoms with Gasteiger partial charge in [-0.1, -0.05) is 0 Å². The third-order valence-corrected chi connectivity index (χ3v) is 2.45. The topological polar surface area (TPSA) is 91.8 Å². The number of esters is 1. The molecule has 100 valence electrons. The highest BCUT2D eigenvalue weighted by Gasteiger charge is 2.12. The van der Waals surface area contributed by atoms with Crippen molar-refractivity contribution in [2.24, 2.45) is 0 Å². The zero-order valence-electron chi connectivity index (χ0n) is 10.2. The van der Waals surface area contributed by atoms with Gasteiger partial charge >= 0.3 is 5.97 Å². The lowest BCUT2D eigenvalue weighted by Gasteiger charge is -2.06. The summed E-state index contributed by atoms with van der Waals surface area (Å²) in [5.41, 5.74) is 0.455. The minimum atomic E-state index is -3.56. The van der Waals surface area contributed by atoms with Gasteiger partial charge in [-0.25, -0.2) is 9.78 Å². The largest absolute Gasteiger partial charge is 0.481 e. The van der Waals surface area contributed by atoms with E-state index in [2.05, 4.69) is 13.9 Å². The molecule has 0 unspecified atom stereocenters. The summed E-state index contributed by atoms with van der Waals surface area (Å²) >= 11 is 0. The Hall–Kier alpha value is -1.67. The van der Waals surface area contributed by atoms with Crippen molar-refractivity contribution in [3.05, 3.63) is 23.4 Å². The van der Waals surface area contributed by atoms with Crippen molar-refractivity contribution in [2.75, 3.05) is 20.5 Å². The Labute approximate surface area is 105 Å². The molecule has 0 amide bonds. The van der Waals surface area contributed by atoms with Gasteiger partial charge in [-0.15, -0.1) is 0 Å². The van der Waals surface area contributed by atoms with E-state index in [-0.39, 0.29) is 18.2 Å². The summed E-state index contributed by atoms with van der Waals surface area (Å²) < 4.78 is 35.8. The van der Waals surface area contributed by atoms with E-state index in [9.17, 15) is 13.2 Å². The number of pyridine rings is 1. The van der Waals surface area contributed by atoms with E-state index in [4.69, 9.17) is 4.74 Å². The van der Waals surface area contributed by atoms with E-state index in [1.54, 1.807) is 0 Å². The van der Waals surface area contributed by atoms with E-state index < -0.39 is 16.1 Å². The highest BCUT2D eigenvalue weighted by Crippen LogP contribution is 2.14. The van der Waals surface area contributed by atoms with E-state index >= 15 is 0 Å². The molecule has 0 N–H and O–H groups in total. The van der Waals surface area contributed by atoms with Crippen molar-refractivity contribution in [3.63, 3.8) is 0 Å². The molecule has 7 nitrogen and oxygen atoms in total. The van der Waals surface area contributed by atoms with Crippen LogP contribution in [0, 0.1) is 0 Å². The lowest BCUT2D eigenvalue weighted by molar-refractivity contribution is 0.0593. The van der Waals surface area contributed by atoms with E-state index in [0.717, 1.165) is 6.26 Å². The van der Waals surface area contributed by atoms with Crippen molar-refractivity contribution < 1.29 is 26.9 Å². The van der Waals surface area contributed by atoms with Gasteiger partial charge in [0, 0.05) is 6.07 Å². The van der Waals surface area contributed by atoms with Crippen LogP contribution in [0.1, 0.15) is 16.1 Å². The van der Waals surface area contributed by atoms with Gasteiger partial charge in [-0.05, 0) is 11.6 Å². The summed E-state index contributed by atoms with van der Waals surface area (Å²) in [5, 5.41) is 0. The second-order valence-corrected chi connectivity index (χ2v) is 5.00. The Balaban J connectivity index is 3.01. The molecule has 0 saturated carbocycles. The average molecular weight is 275 g/mol. The molecule has 0 bridgehead atoms. The van der Waals surface area contributed by atoms with Gasteiger partial charge in [0.1, 0.15) is 0 Å². The van der Waals surface area contributed by atoms with Crippen LogP contribution in [0.5, 0.6) is 5.88 Å². The van der Waals surface area contributed by atoms with Crippen LogP contribution in [-0.4, -0.2) is 39.8 Å². The first kappa shape index (κ1) is 14.4. The fourth-order valence-electron chi connectivity index (χ4n) is 1.13. The first-order chi connectivity index (χ1) is 8.35. The molecule has 0 saturated heterocycles. The summed E-state index contributed by atoms with van der Waals surface area (Å²) in [6.45, 7) is -0.207. The minimum Gasteiger partial charge on any atom is -0.481 e. The lowest BCUT2D eigenvalue weighted by atomic mass is 10.2. The Morgan fingerprint density at radius 1 is 1.33 bits per heavy atom. The molecule has 0 atom stereocenters. The predicted molar refractivity (Wildman–Crippen MR) is 61.8 cm³/mol. The maximum absolute atomic E-state index is 11.3. The maximum atomic E-state index is 11.3. The molecule has 0 aliphatic carbocycles. The maximum Gasteiger partial charge on any atom is 0.356 e. The Morgan fingerprint density at radius 2 is 2.00 bits per heavy atom. The van der Waals surface area contributed by atoms with Crippen molar-refractivity contribution in [3.8, 4) is 5.88 Å². The molecule has 1 heterocycles. The Bertz CT molecular complexity index is 539. The Morgan fingerprint density at radius 3 is 2.50 bits per heavy atom. The molecule has 0 aliphatic rings. The number of hydrogen-bond donors (Lipinski definition) is 0. The molecule has 0 aliphatic heterocycles. The van der Waals surface area contributed by atoms with Crippen molar-refractivity contribution in [1.82, 2.24) is 4.98 Å². The molecule has 1 aromatic rings. The van der Waals surface area contributed by atoms with Crippen molar-refractivity contribution >= 4 is 16.1 Å². The summed E-state index contributed by atoms with van der Waals surface area (Å²) in [6.07, 6.45) is 0.937. The summed E-state index contributed by atoms with van der Waals surface area (Å²) in [4.78, 5) is 15.2. The smallest absolute Gasteiger partial charge is 0.356 e. The van der Waals surface area contributed by atoms with Crippen LogP contribution in [0.4, 0.5) is 0 Å². The van der Waals surface area contributed by atoms with Crippen LogP contribution in [0.15, 0.2) is 12.1 Å². The summed E-state index contributed by atoms with van der Waals surface area (Å²) in [7, 11) is -0.960. The van der Waals surface area contributed by atoms with Crippen LogP contribution >= 0.6 is 0 Å². The second-order valence-electron chi connectivity index (χ2n) is 3.36. The van der Waals surface area contributed by atoms with Gasteiger partial charge in [0.05, 0.1) is 27.1 Å². The normalized spacial score (nSPS) is 11.1. The highest BCUT2D eigenvalue weighted by molar-refractivity contribution is 7.85. The monoisotopic (exact) mass is 275 g/mol. The molecular weight excluding hydrogens is 262 g/mol. The molecule has 0 radical (unpaired) electrons. The third-order valence-electron chi connectivity index (χ3n) is 1.90. The molecule has 0 aromatic carbocycles. The quantitative estimate of drug-likeness (QED) is 0.565. The number of rotatable bonds is 5. The van der Waals surface area contributed by atoms with E-state index in [1.165, 1.54) is 26.4 Å². The van der Waals surface area contributed by atoms with Crippen LogP contribution in [0.25, 0.3) is 0 Å². The predicted octanol–water partition coefficient (Wildman–Crippen LogP) is 0.353. The van der Waals surface area contributed by atoms with Gasteiger partial charge in [-0.2, -0.15) is 8.42 Å². The van der Waals surface area contributed by atoms with Crippen LogP contribution < -0.4 is 4.74 Å². The first-order valence-electron chi connectivity index (χ1n) is 4.83. The zero-order valence-corrected chi connectivity index (χ0v) is 11.0. The average Bonchev–Trinajstić information content (AvgIpc) is 2.34. The van der Waals surface area contributed by atoms with Crippen LogP contribution in [-0.2, 0) is 25.6 Å². The second kappa shape index (κ2) is 5.78. The first-order valence-corrected chi connectivity index (χ1v) is 6.65. The summed E-state index contributed by atoms with van der Waals surface area (Å²) in [6, 6.07) is 2.84. The molecule has 1 aromatic heterocycles. The van der Waals surface area contributed by atoms with Crippen LogP contribution in [0.3, 0.4) is 0 Å². The fourth-order valence-corrected chi connectivity index (χ4v) is 1.48. The van der Waals surface area contributed by atoms with Gasteiger partial charge in [0.25, 0.3) is 10.1 Å². The van der Waals surface area contributed by atoms with E-state index in [0.29, 0.717) is 5.56 Å². The summed E-state index contributed by atoms with van der Waals surface area (Å²) in [5.74, 6) is -0.473. The zero-order chi connectivity index (χ0) is 13.8. The number of hydrogen-bond acceptors (Lipinski definition) is 7. The molecule has 0 spiro atoms. The van der Waals surface area contributed by atoms with Crippen LogP contribution in [0.2, 0.25) is 0 Å². The number of carbonyl (C=O) groups excluding carboxylic acids is 1. The fraction of sp³-hybridized carbons (Fsp3) is 0.400. The number of aromatic nitrogens is 1. The molecule has 8 heteroatoms. The van der Waals surface area contributed by atoms with Gasteiger partial charge in [0.2, 0.25) is 5.88 Å². The molecule has 1 rings (SSSR count). The SMILES string of the molecule is COC(=O)c1cc(COS(C)(=O)=O)cc(OC)n1. The minimum absolute atomic E-state index is 0.0175. The third kappa shape index (κ3) is 4.30. The van der Waals surface area contributed by atoms with Gasteiger partial charge in [-0.3, -0.25) is 4.18 Å². The van der Waals surface area contributed by atoms with E-state index in [1.807, 2.05) is 0 Å².